The number of amides is 2. The Morgan fingerprint density at radius 1 is 1.36 bits per heavy atom. The number of benzene rings is 1. The van der Waals surface area contributed by atoms with Crippen molar-refractivity contribution in [1.82, 2.24) is 4.90 Å². The minimum Gasteiger partial charge on any atom is -0.383 e. The molecule has 25 heavy (non-hydrogen) atoms. The maximum Gasteiger partial charge on any atom is 0.228 e. The summed E-state index contributed by atoms with van der Waals surface area (Å²) in [6.07, 6.45) is 2.42. The molecule has 0 saturated carbocycles. The number of nitrogens with one attached hydrogen (secondary N) is 1. The van der Waals surface area contributed by atoms with Crippen LogP contribution in [0.4, 0.5) is 11.4 Å². The average Bonchev–Trinajstić information content (AvgIpc) is 3.22. The van der Waals surface area contributed by atoms with E-state index in [9.17, 15) is 9.59 Å². The van der Waals surface area contributed by atoms with Crippen molar-refractivity contribution < 1.29 is 14.3 Å². The van der Waals surface area contributed by atoms with E-state index >= 15 is 0 Å². The first-order chi connectivity index (χ1) is 12.1. The van der Waals surface area contributed by atoms with E-state index in [4.69, 9.17) is 4.74 Å². The van der Waals surface area contributed by atoms with Gasteiger partial charge in [0.05, 0.1) is 12.5 Å². The average molecular weight is 345 g/mol. The topological polar surface area (TPSA) is 61.9 Å². The third kappa shape index (κ3) is 4.19. The summed E-state index contributed by atoms with van der Waals surface area (Å²) in [6.45, 7) is 6.07. The van der Waals surface area contributed by atoms with Gasteiger partial charge in [-0.05, 0) is 50.1 Å². The molecule has 0 aromatic heterocycles. The van der Waals surface area contributed by atoms with Gasteiger partial charge in [0.15, 0.2) is 0 Å². The summed E-state index contributed by atoms with van der Waals surface area (Å²) in [5.41, 5.74) is 2.77. The second-order valence-corrected chi connectivity index (χ2v) is 6.92. The maximum absolute atomic E-state index is 12.5. The van der Waals surface area contributed by atoms with Crippen molar-refractivity contribution in [1.29, 1.82) is 0 Å². The number of nitrogens with zero attached hydrogens (tertiary/aromatic N) is 2. The first kappa shape index (κ1) is 17.9. The maximum atomic E-state index is 12.5. The van der Waals surface area contributed by atoms with Crippen LogP contribution in [0.1, 0.15) is 24.8 Å². The van der Waals surface area contributed by atoms with Crippen molar-refractivity contribution in [2.24, 2.45) is 5.92 Å². The standard InChI is InChI=1S/C19H27N3O3/c1-14-12-16(5-6-17(14)22-8-3-4-18(22)23)20-19(24)15-7-9-21(13-15)10-11-25-2/h5-6,12,15H,3-4,7-11,13H2,1-2H3,(H,20,24). The van der Waals surface area contributed by atoms with Crippen LogP contribution in [0.3, 0.4) is 0 Å². The summed E-state index contributed by atoms with van der Waals surface area (Å²) in [5.74, 6) is 0.281. The number of hydrogen-bond donors (Lipinski definition) is 1. The van der Waals surface area contributed by atoms with Crippen molar-refractivity contribution in [2.75, 3.05) is 50.1 Å². The third-order valence-corrected chi connectivity index (χ3v) is 5.08. The minimum absolute atomic E-state index is 0.0250. The number of anilines is 2. The molecule has 0 spiro atoms. The van der Waals surface area contributed by atoms with Crippen LogP contribution in [0.2, 0.25) is 0 Å². The summed E-state index contributed by atoms with van der Waals surface area (Å²) in [6, 6.07) is 5.79. The molecule has 136 valence electrons. The molecule has 1 aromatic carbocycles. The highest BCUT2D eigenvalue weighted by atomic mass is 16.5. The van der Waals surface area contributed by atoms with Crippen LogP contribution >= 0.6 is 0 Å². The molecule has 1 atom stereocenters. The number of carbonyl (C=O) groups excluding carboxylic acids is 2. The zero-order valence-electron chi connectivity index (χ0n) is 15.1. The monoisotopic (exact) mass is 345 g/mol. The van der Waals surface area contributed by atoms with Gasteiger partial charge in [-0.25, -0.2) is 0 Å². The van der Waals surface area contributed by atoms with Crippen LogP contribution in [0.5, 0.6) is 0 Å². The lowest BCUT2D eigenvalue weighted by atomic mass is 10.1. The molecular formula is C19H27N3O3. The van der Waals surface area contributed by atoms with Gasteiger partial charge in [0.2, 0.25) is 11.8 Å². The third-order valence-electron chi connectivity index (χ3n) is 5.08. The quantitative estimate of drug-likeness (QED) is 0.857. The number of methoxy groups -OCH3 is 1. The number of carbonyl (C=O) groups is 2. The number of aryl methyl sites for hydroxylation is 1. The summed E-state index contributed by atoms with van der Waals surface area (Å²) in [7, 11) is 1.70. The predicted octanol–water partition coefficient (Wildman–Crippen LogP) is 2.03. The Morgan fingerprint density at radius 3 is 2.88 bits per heavy atom. The molecule has 1 N–H and O–H groups in total. The molecule has 2 amide bonds. The Balaban J connectivity index is 1.59. The lowest BCUT2D eigenvalue weighted by Gasteiger charge is -2.19. The zero-order valence-corrected chi connectivity index (χ0v) is 15.1. The van der Waals surface area contributed by atoms with Crippen molar-refractivity contribution in [3.63, 3.8) is 0 Å². The largest absolute Gasteiger partial charge is 0.383 e. The highest BCUT2D eigenvalue weighted by Crippen LogP contribution is 2.28. The van der Waals surface area contributed by atoms with E-state index in [0.717, 1.165) is 56.0 Å². The molecule has 0 bridgehead atoms. The van der Waals surface area contributed by atoms with Crippen LogP contribution in [0.15, 0.2) is 18.2 Å². The summed E-state index contributed by atoms with van der Waals surface area (Å²) in [5, 5.41) is 3.03. The molecule has 3 rings (SSSR count). The Kier molecular flexibility index (Phi) is 5.71. The van der Waals surface area contributed by atoms with Gasteiger partial charge in [-0.2, -0.15) is 0 Å². The fourth-order valence-corrected chi connectivity index (χ4v) is 3.65. The van der Waals surface area contributed by atoms with Crippen molar-refractivity contribution in [3.8, 4) is 0 Å². The van der Waals surface area contributed by atoms with Crippen LogP contribution in [0.25, 0.3) is 0 Å². The van der Waals surface area contributed by atoms with E-state index in [0.29, 0.717) is 13.0 Å². The minimum atomic E-state index is 0.0250. The SMILES string of the molecule is COCCN1CCC(C(=O)Nc2ccc(N3CCCC3=O)c(C)c2)C1. The fourth-order valence-electron chi connectivity index (χ4n) is 3.65. The number of likely N-dealkylation sites (tertiary alicyclic amines) is 1. The second kappa shape index (κ2) is 7.97. The molecule has 0 radical (unpaired) electrons. The number of hydrogen-bond acceptors (Lipinski definition) is 4. The summed E-state index contributed by atoms with van der Waals surface area (Å²) in [4.78, 5) is 28.5. The molecule has 0 aliphatic carbocycles. The van der Waals surface area contributed by atoms with Crippen molar-refractivity contribution in [2.45, 2.75) is 26.2 Å². The van der Waals surface area contributed by atoms with Gasteiger partial charge in [0.1, 0.15) is 0 Å². The van der Waals surface area contributed by atoms with E-state index in [2.05, 4.69) is 10.2 Å². The second-order valence-electron chi connectivity index (χ2n) is 6.92. The lowest BCUT2D eigenvalue weighted by Crippen LogP contribution is -2.29. The first-order valence-electron chi connectivity index (χ1n) is 9.01. The van der Waals surface area contributed by atoms with Crippen LogP contribution < -0.4 is 10.2 Å². The van der Waals surface area contributed by atoms with E-state index in [1.54, 1.807) is 7.11 Å². The van der Waals surface area contributed by atoms with Gasteiger partial charge < -0.3 is 19.9 Å². The molecule has 2 saturated heterocycles. The van der Waals surface area contributed by atoms with E-state index in [-0.39, 0.29) is 17.7 Å². The highest BCUT2D eigenvalue weighted by Gasteiger charge is 2.28. The molecule has 6 heteroatoms. The van der Waals surface area contributed by atoms with E-state index in [1.807, 2.05) is 30.0 Å². The lowest BCUT2D eigenvalue weighted by molar-refractivity contribution is -0.119. The number of rotatable bonds is 6. The van der Waals surface area contributed by atoms with Crippen LogP contribution in [-0.2, 0) is 14.3 Å². The van der Waals surface area contributed by atoms with Gasteiger partial charge >= 0.3 is 0 Å². The summed E-state index contributed by atoms with van der Waals surface area (Å²) >= 11 is 0. The fraction of sp³-hybridized carbons (Fsp3) is 0.579. The van der Waals surface area contributed by atoms with Crippen LogP contribution in [0, 0.1) is 12.8 Å². The molecule has 2 aliphatic rings. The Morgan fingerprint density at radius 2 is 2.20 bits per heavy atom. The molecular weight excluding hydrogens is 318 g/mol. The Hall–Kier alpha value is -1.92. The van der Waals surface area contributed by atoms with Gasteiger partial charge in [0.25, 0.3) is 0 Å². The zero-order chi connectivity index (χ0) is 17.8. The Labute approximate surface area is 149 Å². The molecule has 1 unspecified atom stereocenters. The molecule has 6 nitrogen and oxygen atoms in total. The van der Waals surface area contributed by atoms with Crippen molar-refractivity contribution >= 4 is 23.2 Å². The predicted molar refractivity (Wildman–Crippen MR) is 97.8 cm³/mol. The molecule has 1 aromatic rings. The molecule has 2 heterocycles. The van der Waals surface area contributed by atoms with Gasteiger partial charge in [0, 0.05) is 44.5 Å². The number of ether oxygens (including phenoxy) is 1. The van der Waals surface area contributed by atoms with Gasteiger partial charge in [-0.3, -0.25) is 9.59 Å². The highest BCUT2D eigenvalue weighted by molar-refractivity contribution is 5.97. The van der Waals surface area contributed by atoms with E-state index in [1.165, 1.54) is 0 Å². The molecule has 2 aliphatic heterocycles. The van der Waals surface area contributed by atoms with Crippen molar-refractivity contribution in [3.05, 3.63) is 23.8 Å². The van der Waals surface area contributed by atoms with Gasteiger partial charge in [-0.1, -0.05) is 0 Å². The first-order valence-corrected chi connectivity index (χ1v) is 9.01. The normalized spacial score (nSPS) is 21.1. The van der Waals surface area contributed by atoms with Crippen LogP contribution in [-0.4, -0.2) is 56.6 Å². The Bertz CT molecular complexity index is 647. The van der Waals surface area contributed by atoms with Gasteiger partial charge in [-0.15, -0.1) is 0 Å². The summed E-state index contributed by atoms with van der Waals surface area (Å²) < 4.78 is 5.10. The molecule has 2 fully saturated rings. The smallest absolute Gasteiger partial charge is 0.228 e. The van der Waals surface area contributed by atoms with E-state index < -0.39 is 0 Å².